The summed E-state index contributed by atoms with van der Waals surface area (Å²) in [5.74, 6) is 0.0721. The SMILES string of the molecule is O=C1C(N2CCCC2)=C(S(=O)(=O)Nc2ccc(Oc3ccccc3)cc2)C(=O)c2ccccc21. The highest BCUT2D eigenvalue weighted by molar-refractivity contribution is 7.97. The molecule has 8 heteroatoms. The van der Waals surface area contributed by atoms with Crippen LogP contribution in [-0.2, 0) is 10.0 Å². The van der Waals surface area contributed by atoms with Crippen LogP contribution >= 0.6 is 0 Å². The van der Waals surface area contributed by atoms with E-state index in [1.165, 1.54) is 6.07 Å². The fraction of sp³-hybridized carbons (Fsp3) is 0.154. The van der Waals surface area contributed by atoms with E-state index in [0.717, 1.165) is 12.8 Å². The summed E-state index contributed by atoms with van der Waals surface area (Å²) in [6, 6.07) is 21.9. The lowest BCUT2D eigenvalue weighted by Gasteiger charge is -2.27. The predicted octanol–water partition coefficient (Wildman–Crippen LogP) is 4.61. The number of carbonyl (C=O) groups is 2. The van der Waals surface area contributed by atoms with Gasteiger partial charge in [-0.05, 0) is 49.2 Å². The first kappa shape index (κ1) is 21.9. The number of ether oxygens (including phenoxy) is 1. The number of nitrogens with zero attached hydrogens (tertiary/aromatic N) is 1. The number of sulfonamides is 1. The van der Waals surface area contributed by atoms with Crippen LogP contribution in [0, 0.1) is 0 Å². The largest absolute Gasteiger partial charge is 0.457 e. The van der Waals surface area contributed by atoms with Crippen LogP contribution in [0.2, 0.25) is 0 Å². The zero-order chi connectivity index (χ0) is 23.7. The van der Waals surface area contributed by atoms with Crippen molar-refractivity contribution in [2.75, 3.05) is 17.8 Å². The van der Waals surface area contributed by atoms with E-state index in [1.807, 2.05) is 30.3 Å². The standard InChI is InChI=1S/C26H22N2O5S/c29-24-21-10-4-5-11-22(21)25(30)26(23(24)28-16-6-7-17-28)34(31,32)27-18-12-14-20(15-13-18)33-19-8-2-1-3-9-19/h1-5,8-15,27H,6-7,16-17H2. The fourth-order valence-corrected chi connectivity index (χ4v) is 5.62. The summed E-state index contributed by atoms with van der Waals surface area (Å²) in [7, 11) is -4.34. The Morgan fingerprint density at radius 2 is 1.26 bits per heavy atom. The molecule has 34 heavy (non-hydrogen) atoms. The number of benzene rings is 3. The van der Waals surface area contributed by atoms with E-state index in [0.29, 0.717) is 24.6 Å². The van der Waals surface area contributed by atoms with Crippen LogP contribution in [0.5, 0.6) is 11.5 Å². The minimum absolute atomic E-state index is 0.0438. The van der Waals surface area contributed by atoms with Gasteiger partial charge in [-0.25, -0.2) is 8.42 Å². The number of ketones is 2. The second-order valence-corrected chi connectivity index (χ2v) is 9.74. The average Bonchev–Trinajstić information content (AvgIpc) is 3.37. The third-order valence-electron chi connectivity index (χ3n) is 5.83. The number of Topliss-reactive ketones (excluding diaryl/α,β-unsaturated/α-hetero) is 2. The van der Waals surface area contributed by atoms with Crippen molar-refractivity contribution in [2.24, 2.45) is 0 Å². The summed E-state index contributed by atoms with van der Waals surface area (Å²) in [6.07, 6.45) is 1.66. The average molecular weight is 475 g/mol. The fourth-order valence-electron chi connectivity index (χ4n) is 4.24. The van der Waals surface area contributed by atoms with Crippen molar-refractivity contribution < 1.29 is 22.7 Å². The van der Waals surface area contributed by atoms with E-state index >= 15 is 0 Å². The van der Waals surface area contributed by atoms with Gasteiger partial charge in [-0.3, -0.25) is 14.3 Å². The lowest BCUT2D eigenvalue weighted by molar-refractivity contribution is 0.0953. The Hall–Kier alpha value is -3.91. The minimum atomic E-state index is -4.34. The topological polar surface area (TPSA) is 92.8 Å². The lowest BCUT2D eigenvalue weighted by atomic mass is 9.92. The normalized spacial score (nSPS) is 15.9. The van der Waals surface area contributed by atoms with Crippen LogP contribution in [0.1, 0.15) is 33.6 Å². The van der Waals surface area contributed by atoms with Crippen LogP contribution in [0.25, 0.3) is 0 Å². The van der Waals surface area contributed by atoms with Gasteiger partial charge in [0.15, 0.2) is 4.91 Å². The maximum atomic E-state index is 13.5. The van der Waals surface area contributed by atoms with Gasteiger partial charge in [0, 0.05) is 29.9 Å². The van der Waals surface area contributed by atoms with Gasteiger partial charge in [0.25, 0.3) is 10.0 Å². The molecule has 1 heterocycles. The smallest absolute Gasteiger partial charge is 0.268 e. The molecule has 172 valence electrons. The van der Waals surface area contributed by atoms with Crippen molar-refractivity contribution >= 4 is 27.3 Å². The molecule has 0 saturated carbocycles. The molecule has 3 aromatic carbocycles. The number of rotatable bonds is 6. The van der Waals surface area contributed by atoms with E-state index in [2.05, 4.69) is 4.72 Å². The number of hydrogen-bond donors (Lipinski definition) is 1. The zero-order valence-electron chi connectivity index (χ0n) is 18.2. The first-order chi connectivity index (χ1) is 16.4. The molecule has 1 N–H and O–H groups in total. The summed E-state index contributed by atoms with van der Waals surface area (Å²) in [6.45, 7) is 1.06. The lowest BCUT2D eigenvalue weighted by Crippen LogP contribution is -2.36. The van der Waals surface area contributed by atoms with E-state index in [1.54, 1.807) is 47.4 Å². The van der Waals surface area contributed by atoms with Crippen molar-refractivity contribution in [2.45, 2.75) is 12.8 Å². The molecule has 0 aromatic heterocycles. The van der Waals surface area contributed by atoms with E-state index in [4.69, 9.17) is 4.74 Å². The quantitative estimate of drug-likeness (QED) is 0.561. The first-order valence-corrected chi connectivity index (χ1v) is 12.5. The van der Waals surface area contributed by atoms with Gasteiger partial charge in [-0.2, -0.15) is 0 Å². The van der Waals surface area contributed by atoms with Crippen LogP contribution in [0.15, 0.2) is 89.5 Å². The van der Waals surface area contributed by atoms with Gasteiger partial charge in [0.2, 0.25) is 11.6 Å². The van der Waals surface area contributed by atoms with Gasteiger partial charge in [0.05, 0.1) is 0 Å². The van der Waals surface area contributed by atoms with Crippen molar-refractivity contribution in [1.29, 1.82) is 0 Å². The maximum absolute atomic E-state index is 13.5. The second kappa shape index (κ2) is 8.79. The molecule has 5 rings (SSSR count). The number of allylic oxidation sites excluding steroid dienone is 2. The molecular formula is C26H22N2O5S. The summed E-state index contributed by atoms with van der Waals surface area (Å²) >= 11 is 0. The first-order valence-electron chi connectivity index (χ1n) is 11.0. The van der Waals surface area contributed by atoms with Gasteiger partial charge < -0.3 is 9.64 Å². The molecule has 1 fully saturated rings. The molecule has 0 bridgehead atoms. The molecular weight excluding hydrogens is 452 g/mol. The van der Waals surface area contributed by atoms with Gasteiger partial charge >= 0.3 is 0 Å². The highest BCUT2D eigenvalue weighted by Gasteiger charge is 2.41. The Balaban J connectivity index is 1.48. The van der Waals surface area contributed by atoms with Crippen LogP contribution in [0.4, 0.5) is 5.69 Å². The molecule has 3 aromatic rings. The molecule has 1 aliphatic carbocycles. The third kappa shape index (κ3) is 4.08. The van der Waals surface area contributed by atoms with Crippen LogP contribution < -0.4 is 9.46 Å². The highest BCUT2D eigenvalue weighted by Crippen LogP contribution is 2.34. The van der Waals surface area contributed by atoms with Crippen molar-refractivity contribution in [3.8, 4) is 11.5 Å². The second-order valence-electron chi connectivity index (χ2n) is 8.12. The minimum Gasteiger partial charge on any atom is -0.457 e. The summed E-state index contributed by atoms with van der Waals surface area (Å²) in [5.41, 5.74) is 0.545. The van der Waals surface area contributed by atoms with Gasteiger partial charge in [0.1, 0.15) is 17.2 Å². The number of likely N-dealkylation sites (tertiary alicyclic amines) is 1. The van der Waals surface area contributed by atoms with Crippen molar-refractivity contribution in [1.82, 2.24) is 4.90 Å². The van der Waals surface area contributed by atoms with E-state index < -0.39 is 26.5 Å². The Morgan fingerprint density at radius 1 is 0.706 bits per heavy atom. The van der Waals surface area contributed by atoms with Crippen molar-refractivity contribution in [3.05, 3.63) is 101 Å². The molecule has 0 amide bonds. The Morgan fingerprint density at radius 3 is 1.91 bits per heavy atom. The van der Waals surface area contributed by atoms with Crippen LogP contribution in [0.3, 0.4) is 0 Å². The third-order valence-corrected chi connectivity index (χ3v) is 7.25. The molecule has 1 saturated heterocycles. The number of carbonyl (C=O) groups excluding carboxylic acids is 2. The number of fused-ring (bicyclic) bond motifs is 1. The summed E-state index contributed by atoms with van der Waals surface area (Å²) in [5, 5.41) is 0. The number of hydrogen-bond acceptors (Lipinski definition) is 6. The molecule has 7 nitrogen and oxygen atoms in total. The Labute approximate surface area is 197 Å². The number of para-hydroxylation sites is 1. The van der Waals surface area contributed by atoms with Gasteiger partial charge in [-0.15, -0.1) is 0 Å². The Bertz CT molecular complexity index is 1390. The monoisotopic (exact) mass is 474 g/mol. The summed E-state index contributed by atoms with van der Waals surface area (Å²) < 4.78 is 35.1. The summed E-state index contributed by atoms with van der Waals surface area (Å²) in [4.78, 5) is 27.9. The Kier molecular flexibility index (Phi) is 5.67. The van der Waals surface area contributed by atoms with E-state index in [9.17, 15) is 18.0 Å². The molecule has 0 spiro atoms. The zero-order valence-corrected chi connectivity index (χ0v) is 19.0. The van der Waals surface area contributed by atoms with E-state index in [-0.39, 0.29) is 22.5 Å². The maximum Gasteiger partial charge on any atom is 0.268 e. The highest BCUT2D eigenvalue weighted by atomic mass is 32.2. The molecule has 1 aliphatic heterocycles. The predicted molar refractivity (Wildman–Crippen MR) is 128 cm³/mol. The molecule has 0 unspecified atom stereocenters. The number of nitrogens with one attached hydrogen (secondary N) is 1. The van der Waals surface area contributed by atoms with Crippen LogP contribution in [-0.4, -0.2) is 38.0 Å². The van der Waals surface area contributed by atoms with Gasteiger partial charge in [-0.1, -0.05) is 42.5 Å². The number of anilines is 1. The van der Waals surface area contributed by atoms with Crippen molar-refractivity contribution in [3.63, 3.8) is 0 Å². The molecule has 2 aliphatic rings. The molecule has 0 atom stereocenters. The molecule has 0 radical (unpaired) electrons.